The molecule has 0 unspecified atom stereocenters. The second-order valence-corrected chi connectivity index (χ2v) is 8.77. The van der Waals surface area contributed by atoms with Crippen LogP contribution in [0.25, 0.3) is 0 Å². The van der Waals surface area contributed by atoms with Crippen LogP contribution in [-0.4, -0.2) is 46.6 Å². The zero-order valence-corrected chi connectivity index (χ0v) is 17.4. The lowest BCUT2D eigenvalue weighted by atomic mass is 10.1. The van der Waals surface area contributed by atoms with Crippen molar-refractivity contribution in [1.29, 1.82) is 0 Å². The van der Waals surface area contributed by atoms with Gasteiger partial charge in [-0.15, -0.1) is 23.5 Å². The normalized spacial score (nSPS) is 24.5. The number of ether oxygens (including phenoxy) is 3. The van der Waals surface area contributed by atoms with Crippen LogP contribution in [0.3, 0.4) is 0 Å². The predicted molar refractivity (Wildman–Crippen MR) is 100 cm³/mol. The zero-order chi connectivity index (χ0) is 21.8. The van der Waals surface area contributed by atoms with Gasteiger partial charge in [-0.3, -0.25) is 14.4 Å². The molecule has 1 aromatic carbocycles. The third-order valence-corrected chi connectivity index (χ3v) is 6.67. The van der Waals surface area contributed by atoms with E-state index in [1.54, 1.807) is 0 Å². The highest BCUT2D eigenvalue weighted by Crippen LogP contribution is 2.45. The van der Waals surface area contributed by atoms with Gasteiger partial charge in [0, 0.05) is 31.4 Å². The number of halogens is 3. The van der Waals surface area contributed by atoms with Gasteiger partial charge in [0.05, 0.1) is 10.1 Å². The first-order valence-electron chi connectivity index (χ1n) is 8.45. The van der Waals surface area contributed by atoms with Crippen molar-refractivity contribution >= 4 is 41.4 Å². The number of carbonyl (C=O) groups is 3. The number of carbonyl (C=O) groups excluding carboxylic acids is 3. The maximum absolute atomic E-state index is 13.3. The lowest BCUT2D eigenvalue weighted by Gasteiger charge is -2.40. The Balaban J connectivity index is 2.37. The minimum absolute atomic E-state index is 0.0536. The summed E-state index contributed by atoms with van der Waals surface area (Å²) in [7, 11) is 0. The van der Waals surface area contributed by atoms with E-state index in [-0.39, 0.29) is 10.6 Å². The fourth-order valence-electron chi connectivity index (χ4n) is 2.74. The number of hydrogen-bond donors (Lipinski definition) is 0. The molecule has 1 aliphatic heterocycles. The van der Waals surface area contributed by atoms with Crippen molar-refractivity contribution < 1.29 is 41.8 Å². The van der Waals surface area contributed by atoms with Crippen molar-refractivity contribution in [3.63, 3.8) is 0 Å². The first kappa shape index (κ1) is 23.4. The third-order valence-electron chi connectivity index (χ3n) is 3.74. The molecule has 1 aromatic rings. The standard InChI is InChI=1S/C18H19F3O6S2/c1-9(22)25-13-8-28-17(16(27-11(3)24)15(13)26-10(2)23)29-14-7-5-4-6-12(14)18(19,20)21/h4-7,13,15-17H,8H2,1-3H3/t13-,15+,16-,17+/m1/s1. The summed E-state index contributed by atoms with van der Waals surface area (Å²) in [5, 5.41) is 0. The van der Waals surface area contributed by atoms with E-state index in [1.165, 1.54) is 25.1 Å². The molecule has 2 rings (SSSR count). The van der Waals surface area contributed by atoms with Gasteiger partial charge < -0.3 is 14.2 Å². The van der Waals surface area contributed by atoms with Crippen LogP contribution in [0.5, 0.6) is 0 Å². The molecule has 0 spiro atoms. The molecular formula is C18H19F3O6S2. The van der Waals surface area contributed by atoms with Crippen molar-refractivity contribution in [3.8, 4) is 0 Å². The van der Waals surface area contributed by atoms with E-state index in [4.69, 9.17) is 14.2 Å². The molecule has 29 heavy (non-hydrogen) atoms. The molecule has 4 atom stereocenters. The second-order valence-electron chi connectivity index (χ2n) is 6.11. The van der Waals surface area contributed by atoms with E-state index in [0.29, 0.717) is 0 Å². The Bertz CT molecular complexity index is 770. The fourth-order valence-corrected chi connectivity index (χ4v) is 5.66. The summed E-state index contributed by atoms with van der Waals surface area (Å²) in [5.74, 6) is -1.87. The quantitative estimate of drug-likeness (QED) is 0.495. The summed E-state index contributed by atoms with van der Waals surface area (Å²) in [6.45, 7) is 3.45. The lowest BCUT2D eigenvalue weighted by molar-refractivity contribution is -0.180. The first-order valence-corrected chi connectivity index (χ1v) is 10.4. The summed E-state index contributed by atoms with van der Waals surface area (Å²) >= 11 is 2.01. The summed E-state index contributed by atoms with van der Waals surface area (Å²) in [6, 6.07) is 5.03. The van der Waals surface area contributed by atoms with Gasteiger partial charge in [0.2, 0.25) is 0 Å². The van der Waals surface area contributed by atoms with E-state index >= 15 is 0 Å². The van der Waals surface area contributed by atoms with Crippen LogP contribution in [0.1, 0.15) is 26.3 Å². The Kier molecular flexibility index (Phi) is 7.87. The smallest absolute Gasteiger partial charge is 0.417 e. The van der Waals surface area contributed by atoms with E-state index in [1.807, 2.05) is 0 Å². The van der Waals surface area contributed by atoms with Gasteiger partial charge in [-0.25, -0.2) is 0 Å². The highest BCUT2D eigenvalue weighted by Gasteiger charge is 2.47. The third kappa shape index (κ3) is 6.56. The van der Waals surface area contributed by atoms with Crippen LogP contribution in [-0.2, 0) is 34.8 Å². The van der Waals surface area contributed by atoms with Crippen molar-refractivity contribution in [3.05, 3.63) is 29.8 Å². The molecule has 1 saturated heterocycles. The molecule has 0 bridgehead atoms. The van der Waals surface area contributed by atoms with Gasteiger partial charge in [0.15, 0.2) is 18.3 Å². The van der Waals surface area contributed by atoms with Crippen molar-refractivity contribution in [2.24, 2.45) is 0 Å². The number of benzene rings is 1. The molecule has 6 nitrogen and oxygen atoms in total. The van der Waals surface area contributed by atoms with E-state index < -0.39 is 52.5 Å². The largest absolute Gasteiger partial charge is 0.458 e. The maximum Gasteiger partial charge on any atom is 0.417 e. The number of esters is 3. The van der Waals surface area contributed by atoms with Gasteiger partial charge in [-0.05, 0) is 12.1 Å². The lowest BCUT2D eigenvalue weighted by Crippen LogP contribution is -2.53. The molecule has 0 amide bonds. The zero-order valence-electron chi connectivity index (χ0n) is 15.7. The van der Waals surface area contributed by atoms with E-state index in [9.17, 15) is 27.6 Å². The number of alkyl halides is 3. The van der Waals surface area contributed by atoms with Crippen LogP contribution in [0.4, 0.5) is 13.2 Å². The number of hydrogen-bond acceptors (Lipinski definition) is 8. The average Bonchev–Trinajstić information content (AvgIpc) is 2.58. The Morgan fingerprint density at radius 2 is 1.52 bits per heavy atom. The molecule has 0 N–H and O–H groups in total. The Hall–Kier alpha value is -1.88. The Labute approximate surface area is 173 Å². The monoisotopic (exact) mass is 452 g/mol. The Morgan fingerprint density at radius 1 is 0.966 bits per heavy atom. The van der Waals surface area contributed by atoms with Crippen LogP contribution in [0, 0.1) is 0 Å². The molecule has 160 valence electrons. The summed E-state index contributed by atoms with van der Waals surface area (Å²) in [5.41, 5.74) is -0.821. The molecule has 0 aliphatic carbocycles. The second kappa shape index (κ2) is 9.75. The molecular weight excluding hydrogens is 433 g/mol. The molecule has 0 radical (unpaired) electrons. The predicted octanol–water partition coefficient (Wildman–Crippen LogP) is 3.67. The van der Waals surface area contributed by atoms with Crippen molar-refractivity contribution in [1.82, 2.24) is 0 Å². The number of rotatable bonds is 5. The van der Waals surface area contributed by atoms with Crippen LogP contribution >= 0.6 is 23.5 Å². The minimum atomic E-state index is -4.56. The number of thioether (sulfide) groups is 2. The van der Waals surface area contributed by atoms with Gasteiger partial charge in [0.25, 0.3) is 0 Å². The van der Waals surface area contributed by atoms with Gasteiger partial charge in [-0.1, -0.05) is 12.1 Å². The van der Waals surface area contributed by atoms with Gasteiger partial charge in [-0.2, -0.15) is 13.2 Å². The van der Waals surface area contributed by atoms with Crippen LogP contribution in [0.15, 0.2) is 29.2 Å². The first-order chi connectivity index (χ1) is 13.5. The summed E-state index contributed by atoms with van der Waals surface area (Å²) < 4.78 is 55.0. The molecule has 0 aromatic heterocycles. The van der Waals surface area contributed by atoms with E-state index in [2.05, 4.69) is 0 Å². The fraction of sp³-hybridized carbons (Fsp3) is 0.500. The summed E-state index contributed by atoms with van der Waals surface area (Å²) in [6.07, 6.45) is -7.72. The topological polar surface area (TPSA) is 78.9 Å². The van der Waals surface area contributed by atoms with Crippen molar-refractivity contribution in [2.45, 2.75) is 54.7 Å². The summed E-state index contributed by atoms with van der Waals surface area (Å²) in [4.78, 5) is 34.5. The van der Waals surface area contributed by atoms with Crippen LogP contribution in [0.2, 0.25) is 0 Å². The molecule has 0 saturated carbocycles. The van der Waals surface area contributed by atoms with Gasteiger partial charge >= 0.3 is 24.1 Å². The van der Waals surface area contributed by atoms with Crippen molar-refractivity contribution in [2.75, 3.05) is 5.75 Å². The molecule has 1 fully saturated rings. The highest BCUT2D eigenvalue weighted by molar-refractivity contribution is 8.17. The van der Waals surface area contributed by atoms with Gasteiger partial charge in [0.1, 0.15) is 0 Å². The highest BCUT2D eigenvalue weighted by atomic mass is 32.2. The molecule has 1 heterocycles. The molecule has 1 aliphatic rings. The maximum atomic E-state index is 13.3. The SMILES string of the molecule is CC(=O)O[C@@H]1[C@@H](OC(C)=O)[C@H](Sc2ccccc2C(F)(F)F)SC[C@H]1OC(C)=O. The molecule has 11 heteroatoms. The van der Waals surface area contributed by atoms with Crippen LogP contribution < -0.4 is 0 Å². The average molecular weight is 452 g/mol. The van der Waals surface area contributed by atoms with E-state index in [0.717, 1.165) is 43.4 Å². The minimum Gasteiger partial charge on any atom is -0.458 e. The Morgan fingerprint density at radius 3 is 2.07 bits per heavy atom.